The highest BCUT2D eigenvalue weighted by atomic mass is 16.7. The van der Waals surface area contributed by atoms with Crippen LogP contribution in [0.25, 0.3) is 0 Å². The van der Waals surface area contributed by atoms with E-state index in [1.165, 1.54) is 12.0 Å². The highest BCUT2D eigenvalue weighted by Gasteiger charge is 2.50. The van der Waals surface area contributed by atoms with Crippen LogP contribution in [0.1, 0.15) is 0 Å². The molecule has 0 spiro atoms. The van der Waals surface area contributed by atoms with E-state index in [9.17, 15) is 9.59 Å². The van der Waals surface area contributed by atoms with Crippen molar-refractivity contribution in [3.05, 3.63) is 0 Å². The number of fused-ring (bicyclic) bond motifs is 1. The molecule has 72 valence electrons. The number of amides is 4. The number of rotatable bonds is 1. The summed E-state index contributed by atoms with van der Waals surface area (Å²) in [6.07, 6.45) is -0.782. The quantitative estimate of drug-likeness (QED) is 0.544. The molecule has 2 aliphatic rings. The normalized spacial score (nSPS) is 31.8. The number of hydrogen-bond acceptors (Lipinski definition) is 3. The van der Waals surface area contributed by atoms with Gasteiger partial charge >= 0.3 is 12.1 Å². The van der Waals surface area contributed by atoms with E-state index in [-0.39, 0.29) is 18.2 Å². The van der Waals surface area contributed by atoms with Gasteiger partial charge in [-0.05, 0) is 0 Å². The molecule has 2 N–H and O–H groups in total. The molecule has 1 unspecified atom stereocenters. The van der Waals surface area contributed by atoms with Crippen molar-refractivity contribution in [1.29, 1.82) is 0 Å². The van der Waals surface area contributed by atoms with Crippen LogP contribution >= 0.6 is 0 Å². The zero-order chi connectivity index (χ0) is 9.59. The fraction of sp³-hybridized carbons (Fsp3) is 0.667. The molecule has 0 saturated carbocycles. The molecule has 2 rings (SSSR count). The Hall–Kier alpha value is -1.50. The molecule has 0 aliphatic carbocycles. The Labute approximate surface area is 74.6 Å². The first-order chi connectivity index (χ1) is 6.15. The Morgan fingerprint density at radius 2 is 1.92 bits per heavy atom. The number of hydrogen-bond donors (Lipinski definition) is 2. The highest BCUT2D eigenvalue weighted by molar-refractivity contribution is 5.84. The largest absolute Gasteiger partial charge is 0.347 e. The van der Waals surface area contributed by atoms with Crippen molar-refractivity contribution in [2.45, 2.75) is 12.3 Å². The number of likely N-dealkylation sites (N-methyl/N-ethyl adjacent to an activating group) is 1. The molecular weight excluding hydrogens is 176 g/mol. The molecule has 0 aromatic carbocycles. The molecular formula is C6H10N4O3. The van der Waals surface area contributed by atoms with Gasteiger partial charge in [-0.15, -0.1) is 0 Å². The first kappa shape index (κ1) is 8.11. The Balaban J connectivity index is 2.24. The van der Waals surface area contributed by atoms with Crippen molar-refractivity contribution in [1.82, 2.24) is 20.6 Å². The number of nitrogens with one attached hydrogen (secondary N) is 2. The van der Waals surface area contributed by atoms with Crippen molar-refractivity contribution in [2.75, 3.05) is 14.2 Å². The Kier molecular flexibility index (Phi) is 1.56. The summed E-state index contributed by atoms with van der Waals surface area (Å²) >= 11 is 0. The van der Waals surface area contributed by atoms with Gasteiger partial charge in [0.15, 0.2) is 6.17 Å². The number of nitrogens with zero attached hydrogens (tertiary/aromatic N) is 2. The number of hydroxylamine groups is 2. The Bertz CT molecular complexity index is 269. The minimum Gasteiger partial charge on any atom is -0.314 e. The molecule has 0 aromatic heterocycles. The van der Waals surface area contributed by atoms with Crippen molar-refractivity contribution in [2.24, 2.45) is 0 Å². The maximum Gasteiger partial charge on any atom is 0.347 e. The van der Waals surface area contributed by atoms with Crippen LogP contribution < -0.4 is 10.6 Å². The number of urea groups is 2. The van der Waals surface area contributed by atoms with E-state index in [2.05, 4.69) is 10.6 Å². The molecule has 2 aliphatic heterocycles. The first-order valence-corrected chi connectivity index (χ1v) is 3.82. The van der Waals surface area contributed by atoms with Gasteiger partial charge in [-0.3, -0.25) is 4.84 Å². The summed E-state index contributed by atoms with van der Waals surface area (Å²) in [5, 5.41) is 6.29. The molecule has 0 bridgehead atoms. The third kappa shape index (κ3) is 0.934. The summed E-state index contributed by atoms with van der Waals surface area (Å²) in [6.45, 7) is 0. The van der Waals surface area contributed by atoms with Crippen LogP contribution in [0.5, 0.6) is 0 Å². The van der Waals surface area contributed by atoms with Crippen molar-refractivity contribution >= 4 is 12.1 Å². The first-order valence-electron chi connectivity index (χ1n) is 3.82. The molecule has 7 heteroatoms. The third-order valence-corrected chi connectivity index (χ3v) is 2.21. The fourth-order valence-corrected chi connectivity index (χ4v) is 1.55. The van der Waals surface area contributed by atoms with Crippen LogP contribution in [0.4, 0.5) is 9.59 Å². The smallest absolute Gasteiger partial charge is 0.314 e. The van der Waals surface area contributed by atoms with E-state index in [0.29, 0.717) is 0 Å². The van der Waals surface area contributed by atoms with Gasteiger partial charge < -0.3 is 15.5 Å². The van der Waals surface area contributed by atoms with Crippen LogP contribution in [0.3, 0.4) is 0 Å². The van der Waals surface area contributed by atoms with Crippen LogP contribution in [-0.4, -0.2) is 48.5 Å². The van der Waals surface area contributed by atoms with Crippen LogP contribution in [0, 0.1) is 0 Å². The molecule has 7 nitrogen and oxygen atoms in total. The lowest BCUT2D eigenvalue weighted by Crippen LogP contribution is -2.42. The van der Waals surface area contributed by atoms with E-state index >= 15 is 0 Å². The lowest BCUT2D eigenvalue weighted by molar-refractivity contribution is -0.105. The zero-order valence-electron chi connectivity index (χ0n) is 7.27. The van der Waals surface area contributed by atoms with Gasteiger partial charge in [-0.1, -0.05) is 0 Å². The number of carbonyl (C=O) groups excluding carboxylic acids is 2. The van der Waals surface area contributed by atoms with Crippen molar-refractivity contribution in [3.63, 3.8) is 0 Å². The van der Waals surface area contributed by atoms with Gasteiger partial charge in [-0.25, -0.2) is 9.59 Å². The topological polar surface area (TPSA) is 73.9 Å². The summed E-state index contributed by atoms with van der Waals surface area (Å²) in [6, 6.07) is -0.568. The summed E-state index contributed by atoms with van der Waals surface area (Å²) in [5.41, 5.74) is 0. The second kappa shape index (κ2) is 2.49. The molecule has 2 heterocycles. The molecule has 2 fully saturated rings. The van der Waals surface area contributed by atoms with Gasteiger partial charge in [0.2, 0.25) is 0 Å². The maximum atomic E-state index is 11.4. The summed E-state index contributed by atoms with van der Waals surface area (Å²) in [7, 11) is 2.99. The fourth-order valence-electron chi connectivity index (χ4n) is 1.55. The van der Waals surface area contributed by atoms with E-state index in [0.717, 1.165) is 5.06 Å². The molecule has 4 amide bonds. The lowest BCUT2D eigenvalue weighted by Gasteiger charge is -2.17. The minimum atomic E-state index is -0.435. The SMILES string of the molecule is CON1C(=O)N(C)C2NC(=O)N[C@@H]21. The standard InChI is InChI=1S/C6H10N4O3/c1-9-3-4(8-5(11)7-3)10(13-2)6(9)12/h3-4H,1-2H3,(H2,7,8,11)/t3?,4-/m1/s1. The maximum absolute atomic E-state index is 11.4. The predicted molar refractivity (Wildman–Crippen MR) is 41.3 cm³/mol. The third-order valence-electron chi connectivity index (χ3n) is 2.21. The summed E-state index contributed by atoms with van der Waals surface area (Å²) in [4.78, 5) is 28.6. The zero-order valence-corrected chi connectivity index (χ0v) is 7.27. The molecule has 2 atom stereocenters. The predicted octanol–water partition coefficient (Wildman–Crippen LogP) is -1.12. The molecule has 0 aromatic rings. The molecule has 2 saturated heterocycles. The minimum absolute atomic E-state index is 0.273. The Morgan fingerprint density at radius 1 is 1.31 bits per heavy atom. The summed E-state index contributed by atoms with van der Waals surface area (Å²) < 4.78 is 0. The number of carbonyl (C=O) groups is 2. The highest BCUT2D eigenvalue weighted by Crippen LogP contribution is 2.20. The van der Waals surface area contributed by atoms with Crippen LogP contribution in [0.2, 0.25) is 0 Å². The van der Waals surface area contributed by atoms with Crippen molar-refractivity contribution in [3.8, 4) is 0 Å². The van der Waals surface area contributed by atoms with Gasteiger partial charge in [0.25, 0.3) is 0 Å². The van der Waals surface area contributed by atoms with Gasteiger partial charge in [0, 0.05) is 7.05 Å². The average molecular weight is 186 g/mol. The van der Waals surface area contributed by atoms with E-state index in [4.69, 9.17) is 4.84 Å². The van der Waals surface area contributed by atoms with Gasteiger partial charge in [-0.2, -0.15) is 5.06 Å². The van der Waals surface area contributed by atoms with E-state index in [1.54, 1.807) is 7.05 Å². The molecule has 13 heavy (non-hydrogen) atoms. The second-order valence-electron chi connectivity index (χ2n) is 2.91. The van der Waals surface area contributed by atoms with Crippen molar-refractivity contribution < 1.29 is 14.4 Å². The monoisotopic (exact) mass is 186 g/mol. The van der Waals surface area contributed by atoms with E-state index in [1.807, 2.05) is 0 Å². The average Bonchev–Trinajstić information content (AvgIpc) is 2.54. The Morgan fingerprint density at radius 3 is 2.54 bits per heavy atom. The van der Waals surface area contributed by atoms with Gasteiger partial charge in [0.05, 0.1) is 7.11 Å². The molecule has 0 radical (unpaired) electrons. The van der Waals surface area contributed by atoms with Gasteiger partial charge in [0.1, 0.15) is 6.17 Å². The van der Waals surface area contributed by atoms with Crippen LogP contribution in [0.15, 0.2) is 0 Å². The summed E-state index contributed by atoms with van der Waals surface area (Å²) in [5.74, 6) is 0. The second-order valence-corrected chi connectivity index (χ2v) is 2.91. The van der Waals surface area contributed by atoms with E-state index < -0.39 is 6.17 Å². The lowest BCUT2D eigenvalue weighted by atomic mass is 10.4. The van der Waals surface area contributed by atoms with Crippen LogP contribution in [-0.2, 0) is 4.84 Å².